The summed E-state index contributed by atoms with van der Waals surface area (Å²) in [6, 6.07) is 4.44. The van der Waals surface area contributed by atoms with Crippen LogP contribution < -0.4 is 10.6 Å². The summed E-state index contributed by atoms with van der Waals surface area (Å²) >= 11 is 0. The Labute approximate surface area is 118 Å². The van der Waals surface area contributed by atoms with Crippen LogP contribution in [0.25, 0.3) is 0 Å². The molecule has 1 aliphatic carbocycles. The highest BCUT2D eigenvalue weighted by molar-refractivity contribution is 5.74. The van der Waals surface area contributed by atoms with Crippen molar-refractivity contribution in [2.24, 2.45) is 5.92 Å². The molecule has 0 spiro atoms. The van der Waals surface area contributed by atoms with Crippen LogP contribution in [0.1, 0.15) is 37.3 Å². The van der Waals surface area contributed by atoms with Crippen molar-refractivity contribution in [1.29, 1.82) is 0 Å². The van der Waals surface area contributed by atoms with Crippen LogP contribution in [0.15, 0.2) is 18.2 Å². The van der Waals surface area contributed by atoms with E-state index in [-0.39, 0.29) is 24.2 Å². The Balaban J connectivity index is 1.80. The Bertz CT molecular complexity index is 475. The lowest BCUT2D eigenvalue weighted by Gasteiger charge is -2.31. The number of carbonyl (C=O) groups excluding carboxylic acids is 1. The minimum atomic E-state index is -0.431. The Kier molecular flexibility index (Phi) is 4.95. The van der Waals surface area contributed by atoms with Gasteiger partial charge in [-0.3, -0.25) is 0 Å². The maximum atomic E-state index is 13.2. The normalized spacial score (nSPS) is 16.4. The summed E-state index contributed by atoms with van der Waals surface area (Å²) in [5.41, 5.74) is 1.01. The molecule has 0 saturated heterocycles. The van der Waals surface area contributed by atoms with Gasteiger partial charge in [0, 0.05) is 18.2 Å². The molecule has 0 aliphatic heterocycles. The van der Waals surface area contributed by atoms with E-state index in [2.05, 4.69) is 10.6 Å². The minimum absolute atomic E-state index is 0.185. The summed E-state index contributed by atoms with van der Waals surface area (Å²) in [7, 11) is 0. The molecule has 1 saturated carbocycles. The zero-order valence-electron chi connectivity index (χ0n) is 11.7. The Morgan fingerprint density at radius 3 is 2.85 bits per heavy atom. The van der Waals surface area contributed by atoms with Gasteiger partial charge in [-0.2, -0.15) is 0 Å². The zero-order chi connectivity index (χ0) is 14.5. The minimum Gasteiger partial charge on any atom is -0.392 e. The third-order valence-corrected chi connectivity index (χ3v) is 3.95. The summed E-state index contributed by atoms with van der Waals surface area (Å²) < 4.78 is 13.2. The number of aliphatic hydroxyl groups is 1. The molecule has 1 atom stereocenters. The predicted octanol–water partition coefficient (Wildman–Crippen LogP) is 2.31. The summed E-state index contributed by atoms with van der Waals surface area (Å²) in [5.74, 6) is 0.159. The van der Waals surface area contributed by atoms with Crippen LogP contribution in [0, 0.1) is 11.7 Å². The molecule has 1 unspecified atom stereocenters. The van der Waals surface area contributed by atoms with Gasteiger partial charge in [0.05, 0.1) is 6.61 Å². The van der Waals surface area contributed by atoms with E-state index in [0.29, 0.717) is 12.5 Å². The molecule has 110 valence electrons. The van der Waals surface area contributed by atoms with Crippen LogP contribution in [0.2, 0.25) is 0 Å². The van der Waals surface area contributed by atoms with E-state index in [9.17, 15) is 9.18 Å². The Morgan fingerprint density at radius 1 is 1.50 bits per heavy atom. The van der Waals surface area contributed by atoms with Gasteiger partial charge in [0.2, 0.25) is 0 Å². The number of nitrogens with one attached hydrogen (secondary N) is 2. The van der Waals surface area contributed by atoms with Crippen molar-refractivity contribution in [3.63, 3.8) is 0 Å². The van der Waals surface area contributed by atoms with E-state index in [1.54, 1.807) is 12.1 Å². The van der Waals surface area contributed by atoms with Crippen LogP contribution in [0.4, 0.5) is 9.18 Å². The van der Waals surface area contributed by atoms with Crippen LogP contribution in [-0.2, 0) is 13.2 Å². The Morgan fingerprint density at radius 2 is 2.25 bits per heavy atom. The number of urea groups is 1. The van der Waals surface area contributed by atoms with E-state index in [1.807, 2.05) is 6.92 Å². The van der Waals surface area contributed by atoms with Crippen molar-refractivity contribution in [2.45, 2.75) is 45.4 Å². The molecule has 2 amide bonds. The molecule has 2 rings (SSSR count). The van der Waals surface area contributed by atoms with Gasteiger partial charge in [0.1, 0.15) is 5.82 Å². The lowest BCUT2D eigenvalue weighted by molar-refractivity contribution is 0.213. The fourth-order valence-corrected chi connectivity index (χ4v) is 2.36. The van der Waals surface area contributed by atoms with Crippen molar-refractivity contribution in [1.82, 2.24) is 10.6 Å². The van der Waals surface area contributed by atoms with E-state index >= 15 is 0 Å². The number of aliphatic hydroxyl groups excluding tert-OH is 1. The summed E-state index contributed by atoms with van der Waals surface area (Å²) in [6.07, 6.45) is 3.61. The van der Waals surface area contributed by atoms with Crippen molar-refractivity contribution in [3.05, 3.63) is 35.1 Å². The average molecular weight is 280 g/mol. The summed E-state index contributed by atoms with van der Waals surface area (Å²) in [6.45, 7) is 1.99. The van der Waals surface area contributed by atoms with Crippen molar-refractivity contribution < 1.29 is 14.3 Å². The SMILES string of the molecule is CC(NC(=O)NCc1ccc(F)c(CO)c1)C1CCC1. The molecule has 20 heavy (non-hydrogen) atoms. The summed E-state index contributed by atoms with van der Waals surface area (Å²) in [4.78, 5) is 11.7. The number of carbonyl (C=O) groups is 1. The highest BCUT2D eigenvalue weighted by Gasteiger charge is 2.24. The van der Waals surface area contributed by atoms with Gasteiger partial charge in [-0.15, -0.1) is 0 Å². The number of rotatable bonds is 5. The molecule has 1 aromatic rings. The van der Waals surface area contributed by atoms with Crippen molar-refractivity contribution in [3.8, 4) is 0 Å². The van der Waals surface area contributed by atoms with Gasteiger partial charge < -0.3 is 15.7 Å². The first kappa shape index (κ1) is 14.8. The molecule has 0 heterocycles. The van der Waals surface area contributed by atoms with E-state index in [0.717, 1.165) is 5.56 Å². The van der Waals surface area contributed by atoms with Gasteiger partial charge in [-0.1, -0.05) is 12.5 Å². The molecule has 5 heteroatoms. The van der Waals surface area contributed by atoms with Crippen molar-refractivity contribution >= 4 is 6.03 Å². The quantitative estimate of drug-likeness (QED) is 0.775. The third kappa shape index (κ3) is 3.70. The number of amides is 2. The smallest absolute Gasteiger partial charge is 0.315 e. The van der Waals surface area contributed by atoms with Crippen LogP contribution in [-0.4, -0.2) is 17.2 Å². The molecular formula is C15H21FN2O2. The van der Waals surface area contributed by atoms with E-state index < -0.39 is 5.82 Å². The monoisotopic (exact) mass is 280 g/mol. The number of benzene rings is 1. The molecule has 0 bridgehead atoms. The lowest BCUT2D eigenvalue weighted by Crippen LogP contribution is -2.45. The van der Waals surface area contributed by atoms with Crippen molar-refractivity contribution in [2.75, 3.05) is 0 Å². The van der Waals surface area contributed by atoms with Gasteiger partial charge in [-0.25, -0.2) is 9.18 Å². The first-order chi connectivity index (χ1) is 9.60. The van der Waals surface area contributed by atoms with Gasteiger partial charge in [0.25, 0.3) is 0 Å². The molecule has 1 aromatic carbocycles. The number of hydrogen-bond donors (Lipinski definition) is 3. The second-order valence-electron chi connectivity index (χ2n) is 5.39. The largest absolute Gasteiger partial charge is 0.392 e. The first-order valence-electron chi connectivity index (χ1n) is 7.02. The predicted molar refractivity (Wildman–Crippen MR) is 74.5 cm³/mol. The topological polar surface area (TPSA) is 61.4 Å². The maximum Gasteiger partial charge on any atom is 0.315 e. The second kappa shape index (κ2) is 6.70. The first-order valence-corrected chi connectivity index (χ1v) is 7.02. The lowest BCUT2D eigenvalue weighted by atomic mass is 9.80. The molecular weight excluding hydrogens is 259 g/mol. The maximum absolute atomic E-state index is 13.2. The fraction of sp³-hybridized carbons (Fsp3) is 0.533. The number of hydrogen-bond acceptors (Lipinski definition) is 2. The fourth-order valence-electron chi connectivity index (χ4n) is 2.36. The van der Waals surface area contributed by atoms with E-state index in [1.165, 1.54) is 25.3 Å². The van der Waals surface area contributed by atoms with Crippen LogP contribution >= 0.6 is 0 Å². The molecule has 1 fully saturated rings. The van der Waals surface area contributed by atoms with Gasteiger partial charge in [-0.05, 0) is 43.4 Å². The molecule has 0 radical (unpaired) electrons. The zero-order valence-corrected chi connectivity index (χ0v) is 11.7. The molecule has 4 nitrogen and oxygen atoms in total. The summed E-state index contributed by atoms with van der Waals surface area (Å²) in [5, 5.41) is 14.7. The van der Waals surface area contributed by atoms with Gasteiger partial charge in [0.15, 0.2) is 0 Å². The van der Waals surface area contributed by atoms with E-state index in [4.69, 9.17) is 5.11 Å². The highest BCUT2D eigenvalue weighted by Crippen LogP contribution is 2.29. The molecule has 0 aromatic heterocycles. The number of halogens is 1. The highest BCUT2D eigenvalue weighted by atomic mass is 19.1. The van der Waals surface area contributed by atoms with Gasteiger partial charge >= 0.3 is 6.03 Å². The molecule has 3 N–H and O–H groups in total. The second-order valence-corrected chi connectivity index (χ2v) is 5.39. The molecule has 1 aliphatic rings. The third-order valence-electron chi connectivity index (χ3n) is 3.95. The Hall–Kier alpha value is -1.62. The van der Waals surface area contributed by atoms with Crippen LogP contribution in [0.5, 0.6) is 0 Å². The average Bonchev–Trinajstić information content (AvgIpc) is 2.35. The standard InChI is InChI=1S/C15H21FN2O2/c1-10(12-3-2-4-12)18-15(20)17-8-11-5-6-14(16)13(7-11)9-19/h5-7,10,12,19H,2-4,8-9H2,1H3,(H2,17,18,20). The van der Waals surface area contributed by atoms with Crippen LogP contribution in [0.3, 0.4) is 0 Å².